The van der Waals surface area contributed by atoms with E-state index in [4.69, 9.17) is 0 Å². The molecule has 120 valence electrons. The molecule has 0 saturated heterocycles. The van der Waals surface area contributed by atoms with E-state index in [1.807, 2.05) is 40.0 Å². The van der Waals surface area contributed by atoms with Crippen LogP contribution in [0.2, 0.25) is 0 Å². The lowest BCUT2D eigenvalue weighted by molar-refractivity contribution is 0.329. The Balaban J connectivity index is 2.84. The number of nitrogens with one attached hydrogen (secondary N) is 1. The van der Waals surface area contributed by atoms with Gasteiger partial charge in [0.15, 0.2) is 0 Å². The zero-order valence-electron chi connectivity index (χ0n) is 14.1. The summed E-state index contributed by atoms with van der Waals surface area (Å²) in [5.74, 6) is 0. The molecule has 0 radical (unpaired) electrons. The predicted molar refractivity (Wildman–Crippen MR) is 90.5 cm³/mol. The van der Waals surface area contributed by atoms with Gasteiger partial charge in [0.1, 0.15) is 0 Å². The van der Waals surface area contributed by atoms with Crippen LogP contribution in [-0.4, -0.2) is 39.0 Å². The van der Waals surface area contributed by atoms with Crippen molar-refractivity contribution in [2.45, 2.75) is 51.8 Å². The van der Waals surface area contributed by atoms with Crippen LogP contribution in [0.15, 0.2) is 18.3 Å². The van der Waals surface area contributed by atoms with Gasteiger partial charge in [-0.25, -0.2) is 8.93 Å². The quantitative estimate of drug-likeness (QED) is 0.842. The topological polar surface area (TPSA) is 45.2 Å². The molecule has 1 aromatic rings. The van der Waals surface area contributed by atoms with Gasteiger partial charge in [0.05, 0.1) is 27.5 Å². The zero-order chi connectivity index (χ0) is 16.0. The van der Waals surface area contributed by atoms with Crippen LogP contribution in [0.3, 0.4) is 0 Å². The number of aromatic nitrogens is 1. The van der Waals surface area contributed by atoms with Crippen LogP contribution < -0.4 is 4.72 Å². The average Bonchev–Trinajstić information content (AvgIpc) is 2.42. The molecular weight excluding hydrogens is 282 g/mol. The Morgan fingerprint density at radius 3 is 2.52 bits per heavy atom. The van der Waals surface area contributed by atoms with Crippen molar-refractivity contribution in [3.05, 3.63) is 29.6 Å². The van der Waals surface area contributed by atoms with Gasteiger partial charge in [-0.15, -0.1) is 0 Å². The molecule has 0 saturated carbocycles. The minimum atomic E-state index is -1.10. The monoisotopic (exact) mass is 311 g/mol. The molecule has 4 nitrogen and oxygen atoms in total. The molecule has 0 aliphatic rings. The maximum absolute atomic E-state index is 12.4. The predicted octanol–water partition coefficient (Wildman–Crippen LogP) is 2.82. The van der Waals surface area contributed by atoms with Crippen molar-refractivity contribution < 1.29 is 4.21 Å². The van der Waals surface area contributed by atoms with Crippen LogP contribution in [-0.2, 0) is 11.0 Å². The molecular formula is C16H29N3OS. The second kappa shape index (κ2) is 8.01. The summed E-state index contributed by atoms with van der Waals surface area (Å²) in [4.78, 5) is 6.75. The Morgan fingerprint density at radius 1 is 1.38 bits per heavy atom. The Labute approximate surface area is 131 Å². The first-order valence-corrected chi connectivity index (χ1v) is 8.68. The minimum Gasteiger partial charge on any atom is -0.307 e. The van der Waals surface area contributed by atoms with Gasteiger partial charge in [-0.2, -0.15) is 0 Å². The van der Waals surface area contributed by atoms with Crippen molar-refractivity contribution >= 4 is 11.0 Å². The first-order valence-electron chi connectivity index (χ1n) is 7.53. The first-order chi connectivity index (χ1) is 9.74. The highest BCUT2D eigenvalue weighted by Gasteiger charge is 2.24. The molecule has 1 N–H and O–H groups in total. The van der Waals surface area contributed by atoms with Crippen molar-refractivity contribution in [2.24, 2.45) is 0 Å². The average molecular weight is 311 g/mol. The Kier molecular flexibility index (Phi) is 6.97. The number of hydrogen-bond donors (Lipinski definition) is 1. The molecule has 2 atom stereocenters. The number of aryl methyl sites for hydroxylation is 1. The maximum Gasteiger partial charge on any atom is 0.0976 e. The lowest BCUT2D eigenvalue weighted by atomic mass is 10.1. The van der Waals surface area contributed by atoms with Crippen molar-refractivity contribution in [3.63, 3.8) is 0 Å². The summed E-state index contributed by atoms with van der Waals surface area (Å²) in [6.45, 7) is 12.1. The van der Waals surface area contributed by atoms with E-state index in [2.05, 4.69) is 34.6 Å². The summed E-state index contributed by atoms with van der Waals surface area (Å²) < 4.78 is 15.4. The van der Waals surface area contributed by atoms with Crippen LogP contribution >= 0.6 is 0 Å². The summed E-state index contributed by atoms with van der Waals surface area (Å²) in [5.41, 5.74) is 2.10. The van der Waals surface area contributed by atoms with Crippen LogP contribution in [0.1, 0.15) is 51.4 Å². The fourth-order valence-electron chi connectivity index (χ4n) is 1.77. The van der Waals surface area contributed by atoms with E-state index in [1.54, 1.807) is 0 Å². The normalized spacial score (nSPS) is 15.2. The lowest BCUT2D eigenvalue weighted by Crippen LogP contribution is -2.37. The summed E-state index contributed by atoms with van der Waals surface area (Å²) in [7, 11) is 0.999. The van der Waals surface area contributed by atoms with E-state index in [1.165, 1.54) is 0 Å². The number of rotatable bonds is 7. The second-order valence-electron chi connectivity index (χ2n) is 6.50. The Morgan fingerprint density at radius 2 is 2.05 bits per heavy atom. The Bertz CT molecular complexity index is 454. The van der Waals surface area contributed by atoms with Gasteiger partial charge < -0.3 is 4.90 Å². The summed E-state index contributed by atoms with van der Waals surface area (Å²) in [6.07, 6.45) is 2.76. The highest BCUT2D eigenvalue weighted by molar-refractivity contribution is 7.84. The van der Waals surface area contributed by atoms with Crippen LogP contribution in [0.4, 0.5) is 0 Å². The smallest absolute Gasteiger partial charge is 0.0976 e. The molecule has 0 bridgehead atoms. The van der Waals surface area contributed by atoms with Crippen LogP contribution in [0, 0.1) is 6.92 Å². The van der Waals surface area contributed by atoms with Crippen molar-refractivity contribution in [3.8, 4) is 0 Å². The van der Waals surface area contributed by atoms with Crippen LogP contribution in [0.25, 0.3) is 0 Å². The largest absolute Gasteiger partial charge is 0.307 e. The minimum absolute atomic E-state index is 0.0136. The molecule has 0 aliphatic heterocycles. The third-order valence-corrected chi connectivity index (χ3v) is 5.05. The molecule has 0 amide bonds. The van der Waals surface area contributed by atoms with E-state index < -0.39 is 11.0 Å². The van der Waals surface area contributed by atoms with Gasteiger partial charge in [-0.1, -0.05) is 13.0 Å². The number of hydrogen-bond acceptors (Lipinski definition) is 3. The van der Waals surface area contributed by atoms with Gasteiger partial charge in [0.2, 0.25) is 0 Å². The molecule has 0 spiro atoms. The third kappa shape index (κ3) is 6.24. The fraction of sp³-hybridized carbons (Fsp3) is 0.688. The second-order valence-corrected chi connectivity index (χ2v) is 8.49. The number of pyridine rings is 1. The molecule has 0 aliphatic carbocycles. The molecule has 1 heterocycles. The van der Waals surface area contributed by atoms with E-state index >= 15 is 0 Å². The van der Waals surface area contributed by atoms with E-state index in [0.29, 0.717) is 0 Å². The van der Waals surface area contributed by atoms with Crippen molar-refractivity contribution in [1.29, 1.82) is 0 Å². The zero-order valence-corrected chi connectivity index (χ0v) is 15.0. The van der Waals surface area contributed by atoms with Gasteiger partial charge in [-0.3, -0.25) is 4.98 Å². The third-order valence-electron chi connectivity index (χ3n) is 3.44. The molecule has 5 heteroatoms. The summed E-state index contributed by atoms with van der Waals surface area (Å²) >= 11 is 0. The van der Waals surface area contributed by atoms with Crippen molar-refractivity contribution in [1.82, 2.24) is 14.6 Å². The van der Waals surface area contributed by atoms with E-state index in [-0.39, 0.29) is 10.8 Å². The van der Waals surface area contributed by atoms with Crippen LogP contribution in [0.5, 0.6) is 0 Å². The van der Waals surface area contributed by atoms with Crippen molar-refractivity contribution in [2.75, 3.05) is 20.1 Å². The maximum atomic E-state index is 12.4. The molecule has 0 fully saturated rings. The highest BCUT2D eigenvalue weighted by Crippen LogP contribution is 2.19. The van der Waals surface area contributed by atoms with E-state index in [0.717, 1.165) is 30.8 Å². The first kappa shape index (κ1) is 18.3. The lowest BCUT2D eigenvalue weighted by Gasteiger charge is -2.25. The molecule has 0 aromatic carbocycles. The number of nitrogens with zero attached hydrogens (tertiary/aromatic N) is 2. The summed E-state index contributed by atoms with van der Waals surface area (Å²) in [6, 6.07) is 4.10. The Hall–Kier alpha value is -0.780. The van der Waals surface area contributed by atoms with E-state index in [9.17, 15) is 4.21 Å². The van der Waals surface area contributed by atoms with Gasteiger partial charge >= 0.3 is 0 Å². The SMILES string of the molecule is CCN(C)CCC(N[S@](=O)C(C)(C)C)c1ccc(C)cn1. The van der Waals surface area contributed by atoms with Gasteiger partial charge in [-0.05, 0) is 65.9 Å². The molecule has 1 rings (SSSR count). The molecule has 21 heavy (non-hydrogen) atoms. The molecule has 1 aromatic heterocycles. The highest BCUT2D eigenvalue weighted by atomic mass is 32.2. The van der Waals surface area contributed by atoms with Gasteiger partial charge in [0.25, 0.3) is 0 Å². The fourth-order valence-corrected chi connectivity index (χ4v) is 2.62. The standard InChI is InChI=1S/C16H29N3OS/c1-7-19(6)11-10-15(18-21(20)16(3,4)5)14-9-8-13(2)12-17-14/h8-9,12,15,18H,7,10-11H2,1-6H3/t15?,21-/m1/s1. The summed E-state index contributed by atoms with van der Waals surface area (Å²) in [5, 5.41) is 0. The van der Waals surface area contributed by atoms with Gasteiger partial charge in [0, 0.05) is 6.20 Å². The molecule has 1 unspecified atom stereocenters.